The molecule has 1 fully saturated rings. The average molecular weight is 647 g/mol. The Kier molecular flexibility index (Phi) is 10.0. The number of hydrogen-bond acceptors (Lipinski definition) is 9. The Morgan fingerprint density at radius 1 is 1.07 bits per heavy atom. The SMILES string of the molecule is CN1CCN(S(=O)(=O)c2ccccc2[N+](=O)[O-])CCCOc2ccc(C(=O)O)cc2C2CC(CN(C(=O)OC(C)(C)C)C2)C1=O. The van der Waals surface area contributed by atoms with Crippen LogP contribution in [0, 0.1) is 16.0 Å². The van der Waals surface area contributed by atoms with Crippen LogP contribution in [0.3, 0.4) is 0 Å². The van der Waals surface area contributed by atoms with Crippen molar-refractivity contribution in [1.82, 2.24) is 14.1 Å². The minimum Gasteiger partial charge on any atom is -0.493 e. The van der Waals surface area contributed by atoms with E-state index in [0.717, 1.165) is 10.4 Å². The second-order valence-electron chi connectivity index (χ2n) is 12.2. The molecule has 0 radical (unpaired) electrons. The molecule has 1 N–H and O–H groups in total. The number of rotatable bonds is 4. The molecule has 2 aromatic carbocycles. The van der Waals surface area contributed by atoms with Crippen LogP contribution in [0.4, 0.5) is 10.5 Å². The van der Waals surface area contributed by atoms with Gasteiger partial charge in [-0.05, 0) is 63.4 Å². The van der Waals surface area contributed by atoms with E-state index >= 15 is 0 Å². The number of carboxylic acid groups (broad SMARTS) is 1. The number of hydrogen-bond donors (Lipinski definition) is 1. The van der Waals surface area contributed by atoms with Gasteiger partial charge in [-0.25, -0.2) is 18.0 Å². The van der Waals surface area contributed by atoms with E-state index in [1.165, 1.54) is 53.2 Å². The van der Waals surface area contributed by atoms with Crippen molar-refractivity contribution in [1.29, 1.82) is 0 Å². The molecule has 2 atom stereocenters. The third-order valence-electron chi connectivity index (χ3n) is 7.70. The lowest BCUT2D eigenvalue weighted by Gasteiger charge is -2.39. The first-order valence-electron chi connectivity index (χ1n) is 14.5. The number of amides is 2. The van der Waals surface area contributed by atoms with Gasteiger partial charge in [0.2, 0.25) is 15.9 Å². The zero-order chi connectivity index (χ0) is 33.1. The summed E-state index contributed by atoms with van der Waals surface area (Å²) in [5, 5.41) is 21.3. The number of piperidine rings is 1. The summed E-state index contributed by atoms with van der Waals surface area (Å²) in [4.78, 5) is 52.1. The molecule has 2 aliphatic rings. The number of benzene rings is 2. The molecule has 0 aromatic heterocycles. The first-order chi connectivity index (χ1) is 21.1. The van der Waals surface area contributed by atoms with Crippen molar-refractivity contribution in [2.24, 2.45) is 5.92 Å². The highest BCUT2D eigenvalue weighted by atomic mass is 32.2. The summed E-state index contributed by atoms with van der Waals surface area (Å²) in [7, 11) is -2.82. The molecule has 45 heavy (non-hydrogen) atoms. The Morgan fingerprint density at radius 2 is 1.76 bits per heavy atom. The molecule has 2 aromatic rings. The van der Waals surface area contributed by atoms with E-state index in [2.05, 4.69) is 0 Å². The van der Waals surface area contributed by atoms with E-state index in [4.69, 9.17) is 9.47 Å². The molecule has 15 heteroatoms. The number of nitro groups is 1. The maximum atomic E-state index is 13.8. The molecule has 2 aliphatic heterocycles. The lowest BCUT2D eigenvalue weighted by Crippen LogP contribution is -2.50. The van der Waals surface area contributed by atoms with Gasteiger partial charge in [0.1, 0.15) is 11.4 Å². The van der Waals surface area contributed by atoms with Gasteiger partial charge in [0.15, 0.2) is 4.90 Å². The summed E-state index contributed by atoms with van der Waals surface area (Å²) in [5.41, 5.74) is -0.840. The largest absolute Gasteiger partial charge is 0.493 e. The highest BCUT2D eigenvalue weighted by Crippen LogP contribution is 2.38. The molecular weight excluding hydrogens is 608 g/mol. The third kappa shape index (κ3) is 7.89. The molecule has 0 spiro atoms. The van der Waals surface area contributed by atoms with Crippen LogP contribution in [0.1, 0.15) is 55.5 Å². The summed E-state index contributed by atoms with van der Waals surface area (Å²) in [6.45, 7) is 5.23. The Morgan fingerprint density at radius 3 is 2.42 bits per heavy atom. The van der Waals surface area contributed by atoms with Crippen molar-refractivity contribution in [3.8, 4) is 5.75 Å². The molecule has 2 unspecified atom stereocenters. The maximum Gasteiger partial charge on any atom is 0.410 e. The Balaban J connectivity index is 1.73. The summed E-state index contributed by atoms with van der Waals surface area (Å²) in [5.74, 6) is -2.32. The van der Waals surface area contributed by atoms with Crippen molar-refractivity contribution in [2.75, 3.05) is 46.4 Å². The standard InChI is InChI=1S/C30H38N4O10S/c1-30(2,3)44-29(38)32-18-21-16-22(19-32)27(35)31(4)13-14-33(45(41,42)26-9-6-5-8-24(26)34(39)40)12-7-15-43-25-11-10-20(28(36)37)17-23(21)25/h5-6,8-11,17,21-22H,7,12-16,18-19H2,1-4H3,(H,36,37). The van der Waals surface area contributed by atoms with E-state index in [0.29, 0.717) is 11.3 Å². The van der Waals surface area contributed by atoms with Crippen molar-refractivity contribution in [3.05, 3.63) is 63.7 Å². The fourth-order valence-electron chi connectivity index (χ4n) is 5.53. The summed E-state index contributed by atoms with van der Waals surface area (Å²) in [6.07, 6.45) is -0.151. The van der Waals surface area contributed by atoms with Gasteiger partial charge in [-0.3, -0.25) is 14.9 Å². The lowest BCUT2D eigenvalue weighted by molar-refractivity contribution is -0.387. The van der Waals surface area contributed by atoms with Crippen LogP contribution < -0.4 is 4.74 Å². The first kappa shape index (κ1) is 33.6. The fourth-order valence-corrected chi connectivity index (χ4v) is 7.16. The molecule has 2 heterocycles. The van der Waals surface area contributed by atoms with Crippen LogP contribution in [-0.2, 0) is 19.6 Å². The van der Waals surface area contributed by atoms with E-state index < -0.39 is 55.0 Å². The normalized spacial score (nSPS) is 20.4. The number of carboxylic acids is 1. The van der Waals surface area contributed by atoms with Crippen molar-refractivity contribution in [2.45, 2.75) is 50.0 Å². The summed E-state index contributed by atoms with van der Waals surface area (Å²) in [6, 6.07) is 9.46. The monoisotopic (exact) mass is 646 g/mol. The van der Waals surface area contributed by atoms with Crippen LogP contribution in [0.5, 0.6) is 5.75 Å². The Labute approximate surface area is 261 Å². The minimum absolute atomic E-state index is 0.00887. The number of nitrogens with zero attached hydrogens (tertiary/aromatic N) is 4. The molecule has 2 bridgehead atoms. The number of likely N-dealkylation sites (N-methyl/N-ethyl adjacent to an activating group) is 1. The van der Waals surface area contributed by atoms with Crippen LogP contribution in [0.2, 0.25) is 0 Å². The molecule has 0 aliphatic carbocycles. The smallest absolute Gasteiger partial charge is 0.410 e. The zero-order valence-electron chi connectivity index (χ0n) is 25.7. The van der Waals surface area contributed by atoms with Gasteiger partial charge in [0, 0.05) is 51.8 Å². The van der Waals surface area contributed by atoms with E-state index in [-0.39, 0.29) is 63.6 Å². The average Bonchev–Trinajstić information content (AvgIpc) is 2.98. The Bertz CT molecular complexity index is 1570. The number of para-hydroxylation sites is 1. The number of likely N-dealkylation sites (tertiary alicyclic amines) is 1. The third-order valence-corrected chi connectivity index (χ3v) is 9.64. The highest BCUT2D eigenvalue weighted by molar-refractivity contribution is 7.89. The minimum atomic E-state index is -4.35. The van der Waals surface area contributed by atoms with Crippen LogP contribution in [0.15, 0.2) is 47.4 Å². The molecule has 1 saturated heterocycles. The van der Waals surface area contributed by atoms with Crippen molar-refractivity contribution < 1.29 is 42.3 Å². The second-order valence-corrected chi connectivity index (χ2v) is 14.1. The van der Waals surface area contributed by atoms with Gasteiger partial charge < -0.3 is 24.4 Å². The van der Waals surface area contributed by atoms with Crippen LogP contribution in [-0.4, -0.2) is 103 Å². The van der Waals surface area contributed by atoms with Gasteiger partial charge in [-0.15, -0.1) is 0 Å². The number of aromatic carboxylic acids is 1. The van der Waals surface area contributed by atoms with Gasteiger partial charge >= 0.3 is 12.1 Å². The number of sulfonamides is 1. The molecule has 2 amide bonds. The number of carbonyl (C=O) groups excluding carboxylic acids is 2. The number of carbonyl (C=O) groups is 3. The summed E-state index contributed by atoms with van der Waals surface area (Å²) >= 11 is 0. The zero-order valence-corrected chi connectivity index (χ0v) is 26.5. The van der Waals surface area contributed by atoms with Crippen LogP contribution in [0.25, 0.3) is 0 Å². The van der Waals surface area contributed by atoms with Gasteiger partial charge in [-0.2, -0.15) is 4.31 Å². The van der Waals surface area contributed by atoms with E-state index in [9.17, 15) is 38.0 Å². The number of fused-ring (bicyclic) bond motifs is 4. The summed E-state index contributed by atoms with van der Waals surface area (Å²) < 4.78 is 40.2. The van der Waals surface area contributed by atoms with E-state index in [1.54, 1.807) is 20.8 Å². The lowest BCUT2D eigenvalue weighted by atomic mass is 9.83. The van der Waals surface area contributed by atoms with Crippen molar-refractivity contribution >= 4 is 33.7 Å². The molecular formula is C30H38N4O10S. The predicted octanol–water partition coefficient (Wildman–Crippen LogP) is 3.57. The van der Waals surface area contributed by atoms with Gasteiger partial charge in [0.05, 0.1) is 23.0 Å². The molecule has 0 saturated carbocycles. The Hall–Kier alpha value is -4.24. The molecule has 244 valence electrons. The quantitative estimate of drug-likeness (QED) is 0.382. The number of nitro benzene ring substituents is 1. The highest BCUT2D eigenvalue weighted by Gasteiger charge is 2.39. The molecule has 14 nitrogen and oxygen atoms in total. The fraction of sp³-hybridized carbons (Fsp3) is 0.500. The van der Waals surface area contributed by atoms with Gasteiger partial charge in [-0.1, -0.05) is 12.1 Å². The van der Waals surface area contributed by atoms with Crippen LogP contribution >= 0.6 is 0 Å². The first-order valence-corrected chi connectivity index (χ1v) is 16.0. The second kappa shape index (κ2) is 13.4. The van der Waals surface area contributed by atoms with E-state index in [1.807, 2.05) is 0 Å². The van der Waals surface area contributed by atoms with Gasteiger partial charge in [0.25, 0.3) is 5.69 Å². The topological polar surface area (TPSA) is 177 Å². The number of ether oxygens (including phenoxy) is 2. The molecule has 4 rings (SSSR count). The maximum absolute atomic E-state index is 13.8. The predicted molar refractivity (Wildman–Crippen MR) is 162 cm³/mol. The van der Waals surface area contributed by atoms with Crippen molar-refractivity contribution in [3.63, 3.8) is 0 Å².